The molecule has 5 rings (SSSR count). The van der Waals surface area contributed by atoms with Crippen molar-refractivity contribution in [3.63, 3.8) is 0 Å². The molecule has 2 amide bonds. The number of fused-ring (bicyclic) bond motifs is 2. The Bertz CT molecular complexity index is 1550. The lowest BCUT2D eigenvalue weighted by molar-refractivity contribution is -0.120. The first kappa shape index (κ1) is 34.5. The zero-order valence-corrected chi connectivity index (χ0v) is 30.2. The van der Waals surface area contributed by atoms with Gasteiger partial charge in [-0.3, -0.25) is 14.6 Å². The number of rotatable bonds is 11. The van der Waals surface area contributed by atoms with Crippen molar-refractivity contribution in [2.45, 2.75) is 80.0 Å². The fraction of sp³-hybridized carbons (Fsp3) is 0.583. The Morgan fingerprint density at radius 1 is 1.07 bits per heavy atom. The average molecular weight is 668 g/mol. The summed E-state index contributed by atoms with van der Waals surface area (Å²) in [6.07, 6.45) is -0.0462. The van der Waals surface area contributed by atoms with E-state index in [1.807, 2.05) is 24.8 Å². The Balaban J connectivity index is 1.25. The van der Waals surface area contributed by atoms with E-state index >= 15 is 0 Å². The number of carbonyl (C=O) groups is 2. The number of nitrogens with zero attached hydrogens (tertiary/aromatic N) is 5. The maximum atomic E-state index is 13.8. The fourth-order valence-electron chi connectivity index (χ4n) is 6.32. The fourth-order valence-corrected chi connectivity index (χ4v) is 7.36. The van der Waals surface area contributed by atoms with Crippen LogP contribution in [0.15, 0.2) is 36.4 Å². The van der Waals surface area contributed by atoms with Gasteiger partial charge in [-0.05, 0) is 73.0 Å². The SMILES string of the molecule is CC(C)CN(C(=O)OC(C(C)C)N1C(=O)Cc2cc(CCN3CCN(c4nsc5ccccc45)CC3)c(Cl)cc21)C(C)(C)C(C)C. The Morgan fingerprint density at radius 2 is 1.76 bits per heavy atom. The molecule has 3 heterocycles. The molecule has 0 aliphatic carbocycles. The van der Waals surface area contributed by atoms with Crippen LogP contribution in [0.3, 0.4) is 0 Å². The quantitative estimate of drug-likeness (QED) is 0.209. The van der Waals surface area contributed by atoms with E-state index in [1.165, 1.54) is 10.1 Å². The number of halogens is 1. The summed E-state index contributed by atoms with van der Waals surface area (Å²) in [6, 6.07) is 12.4. The lowest BCUT2D eigenvalue weighted by Gasteiger charge is -2.43. The van der Waals surface area contributed by atoms with Gasteiger partial charge in [-0.15, -0.1) is 0 Å². The summed E-state index contributed by atoms with van der Waals surface area (Å²) in [6.45, 7) is 21.8. The summed E-state index contributed by atoms with van der Waals surface area (Å²) in [4.78, 5) is 35.6. The molecule has 8 nitrogen and oxygen atoms in total. The predicted molar refractivity (Wildman–Crippen MR) is 190 cm³/mol. The van der Waals surface area contributed by atoms with Crippen molar-refractivity contribution < 1.29 is 14.3 Å². The normalized spacial score (nSPS) is 16.7. The number of hydrogen-bond donors (Lipinski definition) is 0. The average Bonchev–Trinajstić information content (AvgIpc) is 3.57. The molecule has 1 atom stereocenters. The van der Waals surface area contributed by atoms with Gasteiger partial charge in [-0.1, -0.05) is 71.3 Å². The van der Waals surface area contributed by atoms with Crippen molar-refractivity contribution >= 4 is 56.7 Å². The minimum Gasteiger partial charge on any atom is -0.425 e. The number of piperazine rings is 1. The van der Waals surface area contributed by atoms with Crippen LogP contribution in [-0.4, -0.2) is 77.2 Å². The second-order valence-corrected chi connectivity index (χ2v) is 15.6. The Kier molecular flexibility index (Phi) is 10.5. The van der Waals surface area contributed by atoms with E-state index in [0.29, 0.717) is 11.6 Å². The first-order chi connectivity index (χ1) is 21.8. The van der Waals surface area contributed by atoms with E-state index in [-0.39, 0.29) is 30.1 Å². The summed E-state index contributed by atoms with van der Waals surface area (Å²) >= 11 is 8.45. The summed E-state index contributed by atoms with van der Waals surface area (Å²) in [5, 5.41) is 1.87. The van der Waals surface area contributed by atoms with Crippen LogP contribution in [0.25, 0.3) is 10.1 Å². The highest BCUT2D eigenvalue weighted by Gasteiger charge is 2.41. The highest BCUT2D eigenvalue weighted by Crippen LogP contribution is 2.38. The van der Waals surface area contributed by atoms with Crippen LogP contribution in [0.1, 0.15) is 66.5 Å². The van der Waals surface area contributed by atoms with Crippen LogP contribution in [0.2, 0.25) is 5.02 Å². The highest BCUT2D eigenvalue weighted by atomic mass is 35.5. The lowest BCUT2D eigenvalue weighted by atomic mass is 9.88. The van der Waals surface area contributed by atoms with Crippen molar-refractivity contribution in [1.82, 2.24) is 14.2 Å². The zero-order valence-electron chi connectivity index (χ0n) is 28.7. The number of anilines is 2. The van der Waals surface area contributed by atoms with Gasteiger partial charge in [0.05, 0.1) is 16.8 Å². The summed E-state index contributed by atoms with van der Waals surface area (Å²) in [7, 11) is 0. The molecule has 0 radical (unpaired) electrons. The van der Waals surface area contributed by atoms with E-state index in [1.54, 1.807) is 16.4 Å². The smallest absolute Gasteiger partial charge is 0.412 e. The molecule has 0 spiro atoms. The van der Waals surface area contributed by atoms with Gasteiger partial charge in [-0.2, -0.15) is 4.37 Å². The monoisotopic (exact) mass is 667 g/mol. The van der Waals surface area contributed by atoms with Gasteiger partial charge in [0.2, 0.25) is 5.91 Å². The number of amides is 2. The molecule has 10 heteroatoms. The third kappa shape index (κ3) is 7.16. The van der Waals surface area contributed by atoms with Crippen molar-refractivity contribution in [1.29, 1.82) is 0 Å². The first-order valence-electron chi connectivity index (χ1n) is 16.7. The van der Waals surface area contributed by atoms with Gasteiger partial charge in [0.15, 0.2) is 6.23 Å². The topological polar surface area (TPSA) is 69.2 Å². The van der Waals surface area contributed by atoms with Crippen LogP contribution in [-0.2, 0) is 22.4 Å². The minimum atomic E-state index is -0.730. The molecule has 1 unspecified atom stereocenters. The van der Waals surface area contributed by atoms with E-state index < -0.39 is 17.9 Å². The van der Waals surface area contributed by atoms with Crippen LogP contribution in [0.5, 0.6) is 0 Å². The maximum Gasteiger partial charge on any atom is 0.412 e. The van der Waals surface area contributed by atoms with Crippen molar-refractivity contribution in [3.8, 4) is 0 Å². The third-order valence-electron chi connectivity index (χ3n) is 9.77. The van der Waals surface area contributed by atoms with Gasteiger partial charge in [-0.25, -0.2) is 4.79 Å². The number of benzene rings is 2. The molecule has 3 aromatic rings. The van der Waals surface area contributed by atoms with E-state index in [0.717, 1.165) is 61.8 Å². The van der Waals surface area contributed by atoms with Crippen LogP contribution >= 0.6 is 23.1 Å². The summed E-state index contributed by atoms with van der Waals surface area (Å²) in [5.41, 5.74) is 2.32. The van der Waals surface area contributed by atoms with Crippen LogP contribution in [0, 0.1) is 17.8 Å². The predicted octanol–water partition coefficient (Wildman–Crippen LogP) is 7.71. The molecule has 0 bridgehead atoms. The molecule has 2 aliphatic rings. The van der Waals surface area contributed by atoms with Gasteiger partial charge >= 0.3 is 6.09 Å². The number of ether oxygens (including phenoxy) is 1. The summed E-state index contributed by atoms with van der Waals surface area (Å²) in [5.74, 6) is 1.42. The Labute approximate surface area is 283 Å². The summed E-state index contributed by atoms with van der Waals surface area (Å²) < 4.78 is 12.2. The number of carbonyl (C=O) groups excluding carboxylic acids is 2. The molecule has 46 heavy (non-hydrogen) atoms. The zero-order chi connectivity index (χ0) is 33.3. The number of aromatic nitrogens is 1. The van der Waals surface area contributed by atoms with E-state index in [9.17, 15) is 9.59 Å². The lowest BCUT2D eigenvalue weighted by Crippen LogP contribution is -2.55. The standard InChI is InChI=1S/C36H50ClN5O3S/c1-23(2)22-41(36(7,8)25(5)6)35(44)45-34(24(3)4)42-30-21-29(37)26(19-27(30)20-32(42)43)13-14-39-15-17-40(18-16-39)33-28-11-9-10-12-31(28)46-38-33/h9-12,19,21,23-25,34H,13-18,20,22H2,1-8H3. The second kappa shape index (κ2) is 14.1. The van der Waals surface area contributed by atoms with E-state index in [2.05, 4.69) is 81.7 Å². The molecule has 2 aliphatic heterocycles. The molecule has 250 valence electrons. The molecule has 0 saturated carbocycles. The van der Waals surface area contributed by atoms with Gasteiger partial charge in [0.25, 0.3) is 0 Å². The molecule has 1 aromatic heterocycles. The maximum absolute atomic E-state index is 13.8. The molecule has 2 aromatic carbocycles. The van der Waals surface area contributed by atoms with Crippen molar-refractivity contribution in [3.05, 3.63) is 52.5 Å². The third-order valence-corrected chi connectivity index (χ3v) is 10.9. The highest BCUT2D eigenvalue weighted by molar-refractivity contribution is 7.13. The molecule has 0 N–H and O–H groups in total. The van der Waals surface area contributed by atoms with Gasteiger partial charge in [0, 0.05) is 61.1 Å². The van der Waals surface area contributed by atoms with Crippen LogP contribution < -0.4 is 9.80 Å². The largest absolute Gasteiger partial charge is 0.425 e. The van der Waals surface area contributed by atoms with Crippen molar-refractivity contribution in [2.24, 2.45) is 17.8 Å². The molecular weight excluding hydrogens is 618 g/mol. The van der Waals surface area contributed by atoms with Crippen LogP contribution in [0.4, 0.5) is 16.3 Å². The van der Waals surface area contributed by atoms with Gasteiger partial charge in [0.1, 0.15) is 5.82 Å². The van der Waals surface area contributed by atoms with Crippen molar-refractivity contribution in [2.75, 3.05) is 49.1 Å². The van der Waals surface area contributed by atoms with E-state index in [4.69, 9.17) is 20.7 Å². The van der Waals surface area contributed by atoms with Gasteiger partial charge < -0.3 is 14.5 Å². The Morgan fingerprint density at radius 3 is 2.41 bits per heavy atom. The minimum absolute atomic E-state index is 0.0704. The second-order valence-electron chi connectivity index (χ2n) is 14.4. The Hall–Kier alpha value is -2.88. The first-order valence-corrected chi connectivity index (χ1v) is 17.9. The molecule has 1 fully saturated rings. The molecular formula is C36H50ClN5O3S. The number of hydrogen-bond acceptors (Lipinski definition) is 7. The molecule has 1 saturated heterocycles.